The highest BCUT2D eigenvalue weighted by Crippen LogP contribution is 2.52. The van der Waals surface area contributed by atoms with Gasteiger partial charge in [-0.15, -0.1) is 23.5 Å². The van der Waals surface area contributed by atoms with Crippen LogP contribution in [0.25, 0.3) is 0 Å². The van der Waals surface area contributed by atoms with Crippen LogP contribution in [-0.2, 0) is 14.3 Å². The number of hydrogen-bond acceptors (Lipinski definition) is 6. The predicted octanol–water partition coefficient (Wildman–Crippen LogP) is 2.35. The summed E-state index contributed by atoms with van der Waals surface area (Å²) >= 11 is 2.97. The number of thioether (sulfide) groups is 2. The van der Waals surface area contributed by atoms with E-state index in [0.29, 0.717) is 0 Å². The molecule has 0 bridgehead atoms. The second-order valence-electron chi connectivity index (χ2n) is 4.40. The zero-order valence-electron chi connectivity index (χ0n) is 12.3. The van der Waals surface area contributed by atoms with Crippen molar-refractivity contribution < 1.29 is 19.1 Å². The van der Waals surface area contributed by atoms with Crippen molar-refractivity contribution in [2.75, 3.05) is 24.5 Å². The number of anilines is 1. The lowest BCUT2D eigenvalue weighted by Gasteiger charge is -2.53. The molecule has 0 spiro atoms. The molecule has 0 N–H and O–H groups in total. The molecule has 7 heteroatoms. The van der Waals surface area contributed by atoms with Crippen LogP contribution in [0.5, 0.6) is 5.75 Å². The summed E-state index contributed by atoms with van der Waals surface area (Å²) < 4.78 is 9.69. The van der Waals surface area contributed by atoms with Gasteiger partial charge in [-0.25, -0.2) is 0 Å². The molecule has 1 saturated heterocycles. The van der Waals surface area contributed by atoms with Crippen molar-refractivity contribution in [3.63, 3.8) is 0 Å². The maximum atomic E-state index is 12.4. The second kappa shape index (κ2) is 6.19. The Morgan fingerprint density at radius 3 is 2.24 bits per heavy atom. The van der Waals surface area contributed by atoms with E-state index < -0.39 is 16.3 Å². The maximum absolute atomic E-state index is 12.4. The summed E-state index contributed by atoms with van der Waals surface area (Å²) in [5.41, 5.74) is 0.757. The smallest absolute Gasteiger partial charge is 0.303 e. The Morgan fingerprint density at radius 1 is 1.24 bits per heavy atom. The number of hydrogen-bond donors (Lipinski definition) is 0. The van der Waals surface area contributed by atoms with Crippen molar-refractivity contribution in [1.82, 2.24) is 0 Å². The van der Waals surface area contributed by atoms with Crippen LogP contribution in [0.15, 0.2) is 24.3 Å². The number of ether oxygens (including phenoxy) is 2. The first-order chi connectivity index (χ1) is 10.00. The van der Waals surface area contributed by atoms with Crippen LogP contribution in [0.3, 0.4) is 0 Å². The summed E-state index contributed by atoms with van der Waals surface area (Å²) in [5.74, 6) is 0.0661. The Labute approximate surface area is 132 Å². The Kier molecular flexibility index (Phi) is 4.73. The molecule has 1 aliphatic heterocycles. The minimum Gasteiger partial charge on any atom is -0.497 e. The third-order valence-electron chi connectivity index (χ3n) is 3.29. The summed E-state index contributed by atoms with van der Waals surface area (Å²) in [6.45, 7) is 1.31. The number of carbonyl (C=O) groups is 2. The molecule has 1 aromatic rings. The van der Waals surface area contributed by atoms with Gasteiger partial charge in [0.15, 0.2) is 4.20 Å². The summed E-state index contributed by atoms with van der Waals surface area (Å²) in [6, 6.07) is 7.24. The Morgan fingerprint density at radius 2 is 1.81 bits per heavy atom. The van der Waals surface area contributed by atoms with Gasteiger partial charge in [-0.2, -0.15) is 0 Å². The molecule has 1 heterocycles. The maximum Gasteiger partial charge on any atom is 0.303 e. The summed E-state index contributed by atoms with van der Waals surface area (Å²) in [7, 11) is 1.59. The zero-order chi connectivity index (χ0) is 15.6. The number of amides is 1. The number of carbonyl (C=O) groups excluding carboxylic acids is 2. The van der Waals surface area contributed by atoms with Crippen LogP contribution in [0, 0.1) is 0 Å². The van der Waals surface area contributed by atoms with E-state index >= 15 is 0 Å². The van der Waals surface area contributed by atoms with Gasteiger partial charge < -0.3 is 9.47 Å². The number of nitrogens with zero attached hydrogens (tertiary/aromatic N) is 1. The van der Waals surface area contributed by atoms with Crippen LogP contribution in [0.1, 0.15) is 6.92 Å². The molecule has 1 aromatic carbocycles. The first kappa shape index (κ1) is 16.0. The molecule has 0 radical (unpaired) electrons. The van der Waals surface area contributed by atoms with Crippen molar-refractivity contribution >= 4 is 41.1 Å². The first-order valence-electron chi connectivity index (χ1n) is 6.25. The van der Waals surface area contributed by atoms with Gasteiger partial charge in [-0.05, 0) is 36.8 Å². The van der Waals surface area contributed by atoms with Crippen molar-refractivity contribution in [2.45, 2.75) is 17.2 Å². The van der Waals surface area contributed by atoms with Crippen molar-refractivity contribution in [1.29, 1.82) is 0 Å². The van der Waals surface area contributed by atoms with E-state index in [1.165, 1.54) is 30.4 Å². The van der Waals surface area contributed by atoms with E-state index in [1.54, 1.807) is 24.1 Å². The van der Waals surface area contributed by atoms with Crippen LogP contribution >= 0.6 is 23.5 Å². The molecule has 1 fully saturated rings. The summed E-state index contributed by atoms with van der Waals surface area (Å²) in [5, 5.41) is 0. The van der Waals surface area contributed by atoms with Gasteiger partial charge >= 0.3 is 5.97 Å². The standard InChI is InChI=1S/C14H17NO4S2/c1-9(16)19-12-13(17)15(14(12,20-3)21-4)10-5-7-11(18-2)8-6-10/h5-8,12H,1-4H3. The highest BCUT2D eigenvalue weighted by Gasteiger charge is 2.63. The number of benzene rings is 1. The molecule has 0 aromatic heterocycles. The van der Waals surface area contributed by atoms with Crippen molar-refractivity contribution in [3.05, 3.63) is 24.3 Å². The fourth-order valence-electron chi connectivity index (χ4n) is 2.29. The predicted molar refractivity (Wildman–Crippen MR) is 85.8 cm³/mol. The van der Waals surface area contributed by atoms with Gasteiger partial charge in [-0.3, -0.25) is 14.5 Å². The summed E-state index contributed by atoms with van der Waals surface area (Å²) in [4.78, 5) is 25.2. The SMILES string of the molecule is COc1ccc(N2C(=O)C(OC(C)=O)C2(SC)SC)cc1. The van der Waals surface area contributed by atoms with E-state index in [0.717, 1.165) is 11.4 Å². The number of β-lactam (4-membered cyclic amide) rings is 1. The van der Waals surface area contributed by atoms with E-state index in [4.69, 9.17) is 9.47 Å². The van der Waals surface area contributed by atoms with Crippen LogP contribution < -0.4 is 9.64 Å². The van der Waals surface area contributed by atoms with Crippen LogP contribution in [0.4, 0.5) is 5.69 Å². The molecule has 2 rings (SSSR count). The molecule has 5 nitrogen and oxygen atoms in total. The van der Waals surface area contributed by atoms with Gasteiger partial charge in [0.25, 0.3) is 5.91 Å². The Balaban J connectivity index is 2.33. The quantitative estimate of drug-likeness (QED) is 0.470. The third-order valence-corrected chi connectivity index (χ3v) is 6.25. The van der Waals surface area contributed by atoms with Gasteiger partial charge in [0.1, 0.15) is 5.75 Å². The lowest BCUT2D eigenvalue weighted by Crippen LogP contribution is -2.72. The van der Waals surface area contributed by atoms with Crippen LogP contribution in [0.2, 0.25) is 0 Å². The Bertz CT molecular complexity index is 542. The molecule has 1 atom stereocenters. The van der Waals surface area contributed by atoms with Crippen molar-refractivity contribution in [3.8, 4) is 5.75 Å². The van der Waals surface area contributed by atoms with Gasteiger partial charge in [-0.1, -0.05) is 0 Å². The molecule has 114 valence electrons. The lowest BCUT2D eigenvalue weighted by molar-refractivity contribution is -0.159. The topological polar surface area (TPSA) is 55.8 Å². The molecule has 21 heavy (non-hydrogen) atoms. The van der Waals surface area contributed by atoms with E-state index in [2.05, 4.69) is 0 Å². The Hall–Kier alpha value is -1.34. The number of methoxy groups -OCH3 is 1. The summed E-state index contributed by atoms with van der Waals surface area (Å²) in [6.07, 6.45) is 3.04. The van der Waals surface area contributed by atoms with Gasteiger partial charge in [0.05, 0.1) is 7.11 Å². The third kappa shape index (κ3) is 2.60. The molecule has 1 aliphatic rings. The molecule has 0 aliphatic carbocycles. The monoisotopic (exact) mass is 327 g/mol. The fourth-order valence-corrected chi connectivity index (χ4v) is 4.44. The van der Waals surface area contributed by atoms with E-state index in [9.17, 15) is 9.59 Å². The molecular weight excluding hydrogens is 310 g/mol. The largest absolute Gasteiger partial charge is 0.497 e. The normalized spacial score (nSPS) is 19.9. The average Bonchev–Trinajstić information content (AvgIpc) is 2.50. The van der Waals surface area contributed by atoms with Gasteiger partial charge in [0, 0.05) is 12.6 Å². The minimum absolute atomic E-state index is 0.209. The van der Waals surface area contributed by atoms with E-state index in [1.807, 2.05) is 24.6 Å². The van der Waals surface area contributed by atoms with E-state index in [-0.39, 0.29) is 5.91 Å². The minimum atomic E-state index is -0.762. The average molecular weight is 327 g/mol. The van der Waals surface area contributed by atoms with Crippen molar-refractivity contribution in [2.24, 2.45) is 0 Å². The number of esters is 1. The zero-order valence-corrected chi connectivity index (χ0v) is 13.9. The van der Waals surface area contributed by atoms with Gasteiger partial charge in [0.2, 0.25) is 6.10 Å². The second-order valence-corrected chi connectivity index (χ2v) is 6.72. The molecular formula is C14H17NO4S2. The van der Waals surface area contributed by atoms with Crippen LogP contribution in [-0.4, -0.2) is 41.8 Å². The molecule has 1 unspecified atom stereocenters. The number of rotatable bonds is 5. The first-order valence-corrected chi connectivity index (χ1v) is 8.70. The molecule has 1 amide bonds. The molecule has 0 saturated carbocycles. The lowest BCUT2D eigenvalue weighted by atomic mass is 10.1. The fraction of sp³-hybridized carbons (Fsp3) is 0.429. The highest BCUT2D eigenvalue weighted by molar-refractivity contribution is 8.18. The highest BCUT2D eigenvalue weighted by atomic mass is 32.2.